The van der Waals surface area contributed by atoms with Gasteiger partial charge in [-0.3, -0.25) is 9.69 Å². The van der Waals surface area contributed by atoms with Crippen molar-refractivity contribution in [3.63, 3.8) is 0 Å². The van der Waals surface area contributed by atoms with E-state index in [0.717, 1.165) is 38.2 Å². The molecule has 5 heteroatoms. The number of hydrogen-bond acceptors (Lipinski definition) is 4. The van der Waals surface area contributed by atoms with Gasteiger partial charge >= 0.3 is 0 Å². The molecule has 2 aliphatic heterocycles. The van der Waals surface area contributed by atoms with E-state index in [2.05, 4.69) is 40.5 Å². The maximum absolute atomic E-state index is 12.7. The van der Waals surface area contributed by atoms with Gasteiger partial charge in [-0.2, -0.15) is 0 Å². The van der Waals surface area contributed by atoms with Crippen molar-refractivity contribution >= 4 is 11.6 Å². The molecule has 0 aliphatic carbocycles. The van der Waals surface area contributed by atoms with Crippen LogP contribution in [0.4, 0.5) is 5.69 Å². The van der Waals surface area contributed by atoms with E-state index in [4.69, 9.17) is 4.74 Å². The highest BCUT2D eigenvalue weighted by Gasteiger charge is 2.38. The maximum Gasteiger partial charge on any atom is 0.224 e. The first kappa shape index (κ1) is 18.8. The molecule has 1 saturated heterocycles. The smallest absolute Gasteiger partial charge is 0.224 e. The molecule has 28 heavy (non-hydrogen) atoms. The predicted octanol–water partition coefficient (Wildman–Crippen LogP) is 3.50. The number of anilines is 1. The number of amides is 1. The Bertz CT molecular complexity index is 826. The zero-order chi connectivity index (χ0) is 19.6. The van der Waals surface area contributed by atoms with Crippen LogP contribution in [0.1, 0.15) is 30.4 Å². The third-order valence-electron chi connectivity index (χ3n) is 6.12. The summed E-state index contributed by atoms with van der Waals surface area (Å²) in [7, 11) is 3.61. The molecule has 2 aliphatic rings. The number of rotatable bonds is 3. The zero-order valence-corrected chi connectivity index (χ0v) is 16.8. The lowest BCUT2D eigenvalue weighted by atomic mass is 9.82. The topological polar surface area (TPSA) is 44.8 Å². The summed E-state index contributed by atoms with van der Waals surface area (Å²) >= 11 is 0. The molecule has 0 radical (unpaired) electrons. The molecule has 0 aromatic heterocycles. The summed E-state index contributed by atoms with van der Waals surface area (Å²) in [4.78, 5) is 17.1. The number of piperidine rings is 1. The number of methoxy groups -OCH3 is 1. The van der Waals surface area contributed by atoms with Gasteiger partial charge in [0.15, 0.2) is 0 Å². The van der Waals surface area contributed by atoms with Gasteiger partial charge in [0.25, 0.3) is 0 Å². The number of nitrogens with zero attached hydrogens (tertiary/aromatic N) is 2. The van der Waals surface area contributed by atoms with Crippen LogP contribution in [-0.4, -0.2) is 48.5 Å². The number of carbonyl (C=O) groups excluding carboxylic acids is 1. The van der Waals surface area contributed by atoms with Crippen molar-refractivity contribution < 1.29 is 9.53 Å². The molecule has 2 heterocycles. The fourth-order valence-electron chi connectivity index (χ4n) is 4.31. The summed E-state index contributed by atoms with van der Waals surface area (Å²) in [6, 6.07) is 16.7. The van der Waals surface area contributed by atoms with E-state index in [0.29, 0.717) is 13.0 Å². The van der Waals surface area contributed by atoms with Crippen LogP contribution >= 0.6 is 0 Å². The van der Waals surface area contributed by atoms with Gasteiger partial charge in [-0.05, 0) is 42.2 Å². The second-order valence-electron chi connectivity index (χ2n) is 8.11. The van der Waals surface area contributed by atoms with Crippen molar-refractivity contribution in [3.8, 4) is 5.75 Å². The summed E-state index contributed by atoms with van der Waals surface area (Å²) in [5.74, 6) is 1.12. The SMILES string of the molecule is COc1ccc(CN2CCC3(CC2)CC(=O)N(C)Cc2ccccc2N3)cc1. The summed E-state index contributed by atoms with van der Waals surface area (Å²) < 4.78 is 5.25. The van der Waals surface area contributed by atoms with Gasteiger partial charge in [0.1, 0.15) is 5.75 Å². The summed E-state index contributed by atoms with van der Waals surface area (Å²) in [5.41, 5.74) is 3.50. The average molecular weight is 380 g/mol. The third kappa shape index (κ3) is 3.99. The molecule has 1 amide bonds. The van der Waals surface area contributed by atoms with Crippen LogP contribution in [0, 0.1) is 0 Å². The summed E-state index contributed by atoms with van der Waals surface area (Å²) in [6.45, 7) is 3.57. The normalized spacial score (nSPS) is 19.5. The minimum atomic E-state index is -0.154. The molecule has 0 unspecified atom stereocenters. The Labute approximate surface area is 167 Å². The lowest BCUT2D eigenvalue weighted by molar-refractivity contribution is -0.132. The molecule has 0 saturated carbocycles. The van der Waals surface area contributed by atoms with E-state index in [1.54, 1.807) is 7.11 Å². The van der Waals surface area contributed by atoms with Crippen molar-refractivity contribution in [1.82, 2.24) is 9.80 Å². The van der Waals surface area contributed by atoms with Crippen LogP contribution in [0.2, 0.25) is 0 Å². The molecule has 4 rings (SSSR count). The summed E-state index contributed by atoms with van der Waals surface area (Å²) in [5, 5.41) is 3.77. The van der Waals surface area contributed by atoms with E-state index in [-0.39, 0.29) is 11.4 Å². The van der Waals surface area contributed by atoms with Crippen molar-refractivity contribution in [2.45, 2.75) is 37.9 Å². The van der Waals surface area contributed by atoms with E-state index in [1.807, 2.05) is 30.1 Å². The molecule has 148 valence electrons. The molecule has 5 nitrogen and oxygen atoms in total. The lowest BCUT2D eigenvalue weighted by Crippen LogP contribution is -2.52. The van der Waals surface area contributed by atoms with Crippen LogP contribution in [-0.2, 0) is 17.9 Å². The van der Waals surface area contributed by atoms with Gasteiger partial charge in [-0.15, -0.1) is 0 Å². The predicted molar refractivity (Wildman–Crippen MR) is 111 cm³/mol. The minimum absolute atomic E-state index is 0.154. The molecule has 0 bridgehead atoms. The number of fused-ring (bicyclic) bond motifs is 1. The Morgan fingerprint density at radius 1 is 1.07 bits per heavy atom. The molecule has 0 atom stereocenters. The number of nitrogens with one attached hydrogen (secondary N) is 1. The Balaban J connectivity index is 1.46. The van der Waals surface area contributed by atoms with Gasteiger partial charge in [-0.25, -0.2) is 0 Å². The number of benzene rings is 2. The van der Waals surface area contributed by atoms with Crippen LogP contribution < -0.4 is 10.1 Å². The van der Waals surface area contributed by atoms with Crippen molar-refractivity contribution in [3.05, 3.63) is 59.7 Å². The number of ether oxygens (including phenoxy) is 1. The van der Waals surface area contributed by atoms with Gasteiger partial charge < -0.3 is 15.0 Å². The van der Waals surface area contributed by atoms with Gasteiger partial charge in [0.05, 0.1) is 7.11 Å². The maximum atomic E-state index is 12.7. The fourth-order valence-corrected chi connectivity index (χ4v) is 4.31. The lowest BCUT2D eigenvalue weighted by Gasteiger charge is -2.45. The van der Waals surface area contributed by atoms with Crippen molar-refractivity contribution in [2.24, 2.45) is 0 Å². The van der Waals surface area contributed by atoms with Crippen LogP contribution in [0.15, 0.2) is 48.5 Å². The summed E-state index contributed by atoms with van der Waals surface area (Å²) in [6.07, 6.45) is 2.50. The standard InChI is InChI=1S/C23H29N3O2/c1-25-17-19-5-3-4-6-21(19)24-23(15-22(25)27)11-13-26(14-12-23)16-18-7-9-20(28-2)10-8-18/h3-10,24H,11-17H2,1-2H3. The number of likely N-dealkylation sites (tertiary alicyclic amines) is 1. The number of para-hydroxylation sites is 1. The van der Waals surface area contributed by atoms with Gasteiger partial charge in [-0.1, -0.05) is 30.3 Å². The largest absolute Gasteiger partial charge is 0.497 e. The second kappa shape index (κ2) is 7.84. The first-order valence-corrected chi connectivity index (χ1v) is 10.0. The first-order chi connectivity index (χ1) is 13.6. The Morgan fingerprint density at radius 3 is 2.50 bits per heavy atom. The molecular weight excluding hydrogens is 350 g/mol. The Kier molecular flexibility index (Phi) is 5.27. The zero-order valence-electron chi connectivity index (χ0n) is 16.8. The molecule has 2 aromatic rings. The third-order valence-corrected chi connectivity index (χ3v) is 6.12. The van der Waals surface area contributed by atoms with Crippen LogP contribution in [0.5, 0.6) is 5.75 Å². The van der Waals surface area contributed by atoms with Crippen LogP contribution in [0.3, 0.4) is 0 Å². The van der Waals surface area contributed by atoms with Gasteiger partial charge in [0, 0.05) is 50.9 Å². The van der Waals surface area contributed by atoms with E-state index < -0.39 is 0 Å². The first-order valence-electron chi connectivity index (χ1n) is 10.0. The fraction of sp³-hybridized carbons (Fsp3) is 0.435. The molecule has 1 spiro atoms. The van der Waals surface area contributed by atoms with Crippen molar-refractivity contribution in [1.29, 1.82) is 0 Å². The number of carbonyl (C=O) groups is 1. The monoisotopic (exact) mass is 379 g/mol. The average Bonchev–Trinajstić information content (AvgIpc) is 2.71. The molecule has 1 fully saturated rings. The highest BCUT2D eigenvalue weighted by atomic mass is 16.5. The van der Waals surface area contributed by atoms with E-state index in [9.17, 15) is 4.79 Å². The van der Waals surface area contributed by atoms with Crippen molar-refractivity contribution in [2.75, 3.05) is 32.6 Å². The van der Waals surface area contributed by atoms with E-state index in [1.165, 1.54) is 16.8 Å². The van der Waals surface area contributed by atoms with Crippen LogP contribution in [0.25, 0.3) is 0 Å². The highest BCUT2D eigenvalue weighted by molar-refractivity contribution is 5.79. The second-order valence-corrected chi connectivity index (χ2v) is 8.11. The Hall–Kier alpha value is -2.53. The molecular formula is C23H29N3O2. The minimum Gasteiger partial charge on any atom is -0.497 e. The molecule has 1 N–H and O–H groups in total. The van der Waals surface area contributed by atoms with Gasteiger partial charge in [0.2, 0.25) is 5.91 Å². The molecule has 2 aromatic carbocycles. The van der Waals surface area contributed by atoms with E-state index >= 15 is 0 Å². The quantitative estimate of drug-likeness (QED) is 0.887. The number of hydrogen-bond donors (Lipinski definition) is 1. The Morgan fingerprint density at radius 2 is 1.79 bits per heavy atom. The highest BCUT2D eigenvalue weighted by Crippen LogP contribution is 2.34.